The van der Waals surface area contributed by atoms with Gasteiger partial charge in [-0.05, 0) is 6.92 Å². The van der Waals surface area contributed by atoms with Crippen LogP contribution in [0.2, 0.25) is 0 Å². The van der Waals surface area contributed by atoms with Gasteiger partial charge in [-0.15, -0.1) is 0 Å². The summed E-state index contributed by atoms with van der Waals surface area (Å²) in [4.78, 5) is 10.1. The van der Waals surface area contributed by atoms with Crippen LogP contribution in [0.1, 0.15) is 6.92 Å². The lowest BCUT2D eigenvalue weighted by molar-refractivity contribution is -0.137. The van der Waals surface area contributed by atoms with E-state index in [1.165, 1.54) is 0 Å². The first kappa shape index (κ1) is 8.07. The lowest BCUT2D eigenvalue weighted by atomic mass is 10.6. The van der Waals surface area contributed by atoms with Crippen molar-refractivity contribution in [3.05, 3.63) is 12.2 Å². The van der Waals surface area contributed by atoms with E-state index in [9.17, 15) is 13.6 Å². The largest absolute Gasteiger partial charge is 0.463 e. The molecule has 0 aliphatic carbocycles. The number of esters is 1. The third-order valence-corrected chi connectivity index (χ3v) is 0.514. The van der Waals surface area contributed by atoms with E-state index in [0.29, 0.717) is 0 Å². The second kappa shape index (κ2) is 4.00. The average molecular weight is 136 g/mol. The van der Waals surface area contributed by atoms with Gasteiger partial charge in [0, 0.05) is 0 Å². The zero-order chi connectivity index (χ0) is 7.28. The van der Waals surface area contributed by atoms with E-state index in [1.54, 1.807) is 6.92 Å². The zero-order valence-electron chi connectivity index (χ0n) is 4.86. The molecule has 0 unspecified atom stereocenters. The summed E-state index contributed by atoms with van der Waals surface area (Å²) in [5.41, 5.74) is 0. The van der Waals surface area contributed by atoms with E-state index >= 15 is 0 Å². The Labute approximate surface area is 51.1 Å². The number of ether oxygens (including phenoxy) is 1. The van der Waals surface area contributed by atoms with Crippen molar-refractivity contribution in [2.75, 3.05) is 6.61 Å². The normalized spacial score (nSPS) is 8.33. The number of hydrogen-bond donors (Lipinski definition) is 0. The predicted molar refractivity (Wildman–Crippen MR) is 26.9 cm³/mol. The fourth-order valence-electron chi connectivity index (χ4n) is 0.273. The van der Waals surface area contributed by atoms with Crippen molar-refractivity contribution < 1.29 is 18.3 Å². The number of hydrogen-bond acceptors (Lipinski definition) is 2. The Hall–Kier alpha value is -0.930. The Kier molecular flexibility index (Phi) is 3.59. The molecule has 0 aromatic heterocycles. The van der Waals surface area contributed by atoms with Crippen molar-refractivity contribution in [3.8, 4) is 0 Å². The summed E-state index contributed by atoms with van der Waals surface area (Å²) in [5, 5.41) is 0. The van der Waals surface area contributed by atoms with Crippen LogP contribution < -0.4 is 0 Å². The smallest absolute Gasteiger partial charge is 0.336 e. The molecule has 0 fully saturated rings. The van der Waals surface area contributed by atoms with E-state index in [-0.39, 0.29) is 12.7 Å². The molecule has 2 nitrogen and oxygen atoms in total. The summed E-state index contributed by atoms with van der Waals surface area (Å²) >= 11 is 0. The highest BCUT2D eigenvalue weighted by molar-refractivity contribution is 5.81. The summed E-state index contributed by atoms with van der Waals surface area (Å²) in [6.45, 7) is 1.66. The first-order chi connectivity index (χ1) is 4.16. The van der Waals surface area contributed by atoms with Crippen LogP contribution in [0, 0.1) is 0 Å². The Morgan fingerprint density at radius 3 is 2.56 bits per heavy atom. The van der Waals surface area contributed by atoms with E-state index < -0.39 is 12.0 Å². The second-order valence-corrected chi connectivity index (χ2v) is 1.19. The molecule has 0 saturated carbocycles. The molecule has 0 aromatic carbocycles. The summed E-state index contributed by atoms with van der Waals surface area (Å²) in [7, 11) is 0. The number of rotatable bonds is 2. The van der Waals surface area contributed by atoms with Gasteiger partial charge in [-0.25, -0.2) is 4.79 Å². The third kappa shape index (κ3) is 4.93. The Morgan fingerprint density at radius 1 is 1.67 bits per heavy atom. The van der Waals surface area contributed by atoms with Gasteiger partial charge in [-0.3, -0.25) is 0 Å². The molecule has 0 amide bonds. The van der Waals surface area contributed by atoms with Crippen LogP contribution in [-0.2, 0) is 9.53 Å². The molecule has 0 radical (unpaired) electrons. The molecule has 0 saturated heterocycles. The molecule has 0 spiro atoms. The van der Waals surface area contributed by atoms with Crippen LogP contribution in [0.5, 0.6) is 0 Å². The van der Waals surface area contributed by atoms with Crippen LogP contribution in [0.15, 0.2) is 12.2 Å². The van der Waals surface area contributed by atoms with E-state index in [1.807, 2.05) is 0 Å². The summed E-state index contributed by atoms with van der Waals surface area (Å²) in [5.74, 6) is -1.00. The summed E-state index contributed by atoms with van der Waals surface area (Å²) < 4.78 is 26.5. The van der Waals surface area contributed by atoms with Crippen molar-refractivity contribution >= 4 is 5.97 Å². The molecular formula is C5H6F2O2. The molecule has 9 heavy (non-hydrogen) atoms. The summed E-state index contributed by atoms with van der Waals surface area (Å²) in [6, 6.07) is 0. The monoisotopic (exact) mass is 136 g/mol. The van der Waals surface area contributed by atoms with Gasteiger partial charge < -0.3 is 4.74 Å². The Bertz CT molecular complexity index is 127. The lowest BCUT2D eigenvalue weighted by Gasteiger charge is -1.91. The van der Waals surface area contributed by atoms with Crippen molar-refractivity contribution in [1.82, 2.24) is 0 Å². The van der Waals surface area contributed by atoms with Crippen molar-refractivity contribution in [2.45, 2.75) is 6.92 Å². The van der Waals surface area contributed by atoms with E-state index in [2.05, 4.69) is 4.74 Å². The molecule has 0 heterocycles. The van der Waals surface area contributed by atoms with Gasteiger partial charge >= 0.3 is 5.97 Å². The first-order valence-corrected chi connectivity index (χ1v) is 2.36. The maximum atomic E-state index is 11.2. The van der Waals surface area contributed by atoms with Crippen LogP contribution in [0.4, 0.5) is 8.78 Å². The van der Waals surface area contributed by atoms with E-state index in [0.717, 1.165) is 0 Å². The molecule has 52 valence electrons. The molecule has 4 heteroatoms. The van der Waals surface area contributed by atoms with Crippen molar-refractivity contribution in [2.24, 2.45) is 0 Å². The molecule has 0 aliphatic rings. The molecule has 0 aliphatic heterocycles. The van der Waals surface area contributed by atoms with Crippen LogP contribution in [0.3, 0.4) is 0 Å². The van der Waals surface area contributed by atoms with Gasteiger partial charge in [0.25, 0.3) is 6.08 Å². The fraction of sp³-hybridized carbons (Fsp3) is 0.400. The maximum absolute atomic E-state index is 11.2. The SMILES string of the molecule is CCOC(=O)C=C(F)F. The minimum atomic E-state index is -2.03. The number of carbonyl (C=O) groups is 1. The molecule has 0 N–H and O–H groups in total. The van der Waals surface area contributed by atoms with Gasteiger partial charge in [-0.2, -0.15) is 8.78 Å². The van der Waals surface area contributed by atoms with Crippen LogP contribution >= 0.6 is 0 Å². The second-order valence-electron chi connectivity index (χ2n) is 1.19. The highest BCUT2D eigenvalue weighted by Crippen LogP contribution is 1.96. The fourth-order valence-corrected chi connectivity index (χ4v) is 0.273. The van der Waals surface area contributed by atoms with Gasteiger partial charge in [0.15, 0.2) is 0 Å². The quantitative estimate of drug-likeness (QED) is 0.422. The van der Waals surface area contributed by atoms with Crippen molar-refractivity contribution in [1.29, 1.82) is 0 Å². The number of halogens is 2. The highest BCUT2D eigenvalue weighted by Gasteiger charge is 1.97. The van der Waals surface area contributed by atoms with Gasteiger partial charge in [-0.1, -0.05) is 0 Å². The van der Waals surface area contributed by atoms with E-state index in [4.69, 9.17) is 0 Å². The number of carbonyl (C=O) groups excluding carboxylic acids is 1. The van der Waals surface area contributed by atoms with Crippen LogP contribution in [0.25, 0.3) is 0 Å². The van der Waals surface area contributed by atoms with Crippen LogP contribution in [-0.4, -0.2) is 12.6 Å². The highest BCUT2D eigenvalue weighted by atomic mass is 19.3. The average Bonchev–Trinajstić information content (AvgIpc) is 1.63. The lowest BCUT2D eigenvalue weighted by Crippen LogP contribution is -1.98. The van der Waals surface area contributed by atoms with Gasteiger partial charge in [0.1, 0.15) is 0 Å². The first-order valence-electron chi connectivity index (χ1n) is 2.36. The summed E-state index contributed by atoms with van der Waals surface area (Å²) in [6.07, 6.45) is -1.89. The zero-order valence-corrected chi connectivity index (χ0v) is 4.86. The molecule has 0 bridgehead atoms. The maximum Gasteiger partial charge on any atom is 0.336 e. The minimum absolute atomic E-state index is 0.114. The standard InChI is InChI=1S/C5H6F2O2/c1-2-9-5(8)3-4(6)7/h3H,2H2,1H3. The third-order valence-electron chi connectivity index (χ3n) is 0.514. The topological polar surface area (TPSA) is 26.3 Å². The predicted octanol–water partition coefficient (Wildman–Crippen LogP) is 1.33. The van der Waals surface area contributed by atoms with Gasteiger partial charge in [0.2, 0.25) is 0 Å². The Morgan fingerprint density at radius 2 is 2.22 bits per heavy atom. The molecule has 0 aromatic rings. The van der Waals surface area contributed by atoms with Crippen molar-refractivity contribution in [3.63, 3.8) is 0 Å². The minimum Gasteiger partial charge on any atom is -0.463 e. The Balaban J connectivity index is 3.63. The molecule has 0 rings (SSSR count). The van der Waals surface area contributed by atoms with Gasteiger partial charge in [0.05, 0.1) is 12.7 Å². The molecule has 0 atom stereocenters. The molecular weight excluding hydrogens is 130 g/mol.